The van der Waals surface area contributed by atoms with Crippen LogP contribution >= 0.6 is 0 Å². The largest absolute Gasteiger partial charge is 0.496 e. The van der Waals surface area contributed by atoms with E-state index >= 15 is 0 Å². The molecule has 126 valence electrons. The zero-order valence-corrected chi connectivity index (χ0v) is 13.8. The van der Waals surface area contributed by atoms with Gasteiger partial charge in [-0.05, 0) is 25.0 Å². The Balaban J connectivity index is 1.62. The number of para-hydroxylation sites is 1. The van der Waals surface area contributed by atoms with E-state index in [0.29, 0.717) is 24.2 Å². The molecule has 24 heavy (non-hydrogen) atoms. The molecule has 1 aliphatic rings. The van der Waals surface area contributed by atoms with Crippen LogP contribution in [0.2, 0.25) is 0 Å². The number of ether oxygens (including phenoxy) is 1. The van der Waals surface area contributed by atoms with Gasteiger partial charge in [-0.15, -0.1) is 0 Å². The molecule has 1 aliphatic carbocycles. The maximum atomic E-state index is 12.3. The summed E-state index contributed by atoms with van der Waals surface area (Å²) in [6.45, 7) is 0.387. The molecule has 0 radical (unpaired) electrons. The van der Waals surface area contributed by atoms with Gasteiger partial charge in [-0.1, -0.05) is 31.0 Å². The second kappa shape index (κ2) is 7.77. The Morgan fingerprint density at radius 3 is 2.83 bits per heavy atom. The zero-order valence-electron chi connectivity index (χ0n) is 13.8. The number of carbonyl (C=O) groups is 1. The summed E-state index contributed by atoms with van der Waals surface area (Å²) in [5.74, 6) is 1.05. The van der Waals surface area contributed by atoms with Gasteiger partial charge in [0.05, 0.1) is 7.11 Å². The average molecular weight is 326 g/mol. The highest BCUT2D eigenvalue weighted by atomic mass is 16.5. The van der Waals surface area contributed by atoms with Crippen molar-refractivity contribution in [1.29, 1.82) is 0 Å². The fraction of sp³-hybridized carbons (Fsp3) is 0.389. The summed E-state index contributed by atoms with van der Waals surface area (Å²) in [6, 6.07) is 9.64. The summed E-state index contributed by atoms with van der Waals surface area (Å²) in [4.78, 5) is 20.9. The third-order valence-corrected chi connectivity index (χ3v) is 4.21. The van der Waals surface area contributed by atoms with Gasteiger partial charge in [0.1, 0.15) is 11.4 Å². The molecular weight excluding hydrogens is 304 g/mol. The predicted octanol–water partition coefficient (Wildman–Crippen LogP) is 2.77. The van der Waals surface area contributed by atoms with Crippen LogP contribution in [0, 0.1) is 0 Å². The summed E-state index contributed by atoms with van der Waals surface area (Å²) in [5.41, 5.74) is 1.28. The first kappa shape index (κ1) is 16.2. The highest BCUT2D eigenvalue weighted by molar-refractivity contribution is 5.92. The normalized spacial score (nSPS) is 14.4. The molecule has 0 bridgehead atoms. The van der Waals surface area contributed by atoms with Gasteiger partial charge < -0.3 is 15.4 Å². The molecule has 0 atom stereocenters. The maximum Gasteiger partial charge on any atom is 0.270 e. The Morgan fingerprint density at radius 2 is 2.04 bits per heavy atom. The van der Waals surface area contributed by atoms with Crippen molar-refractivity contribution in [3.05, 3.63) is 47.8 Å². The first-order valence-electron chi connectivity index (χ1n) is 8.26. The molecule has 0 aliphatic heterocycles. The van der Waals surface area contributed by atoms with Crippen molar-refractivity contribution in [1.82, 2.24) is 15.3 Å². The van der Waals surface area contributed by atoms with Crippen LogP contribution in [-0.2, 0) is 6.54 Å². The highest BCUT2D eigenvalue weighted by Gasteiger charge is 2.16. The Hall–Kier alpha value is -2.63. The lowest BCUT2D eigenvalue weighted by Crippen LogP contribution is -2.25. The van der Waals surface area contributed by atoms with Crippen LogP contribution in [0.3, 0.4) is 0 Å². The van der Waals surface area contributed by atoms with Crippen LogP contribution in [0.4, 0.5) is 5.95 Å². The molecule has 1 saturated carbocycles. The third kappa shape index (κ3) is 4.01. The van der Waals surface area contributed by atoms with Gasteiger partial charge in [-0.2, -0.15) is 0 Å². The Kier molecular flexibility index (Phi) is 5.25. The van der Waals surface area contributed by atoms with Crippen LogP contribution in [0.5, 0.6) is 5.75 Å². The number of nitrogens with one attached hydrogen (secondary N) is 2. The van der Waals surface area contributed by atoms with E-state index in [2.05, 4.69) is 20.6 Å². The van der Waals surface area contributed by atoms with Crippen LogP contribution in [0.25, 0.3) is 0 Å². The van der Waals surface area contributed by atoms with Crippen molar-refractivity contribution < 1.29 is 9.53 Å². The van der Waals surface area contributed by atoms with Crippen molar-refractivity contribution in [2.24, 2.45) is 0 Å². The van der Waals surface area contributed by atoms with Gasteiger partial charge in [-0.25, -0.2) is 9.97 Å². The number of anilines is 1. The standard InChI is InChI=1S/C18H22N4O2/c1-24-16-9-5-2-6-13(16)12-20-17(23)15-10-11-19-18(22-15)21-14-7-3-4-8-14/h2,5-6,9-11,14H,3-4,7-8,12H2,1H3,(H,20,23)(H,19,21,22). The van der Waals surface area contributed by atoms with Gasteiger partial charge in [0, 0.05) is 24.3 Å². The third-order valence-electron chi connectivity index (χ3n) is 4.21. The fourth-order valence-electron chi connectivity index (χ4n) is 2.92. The number of benzene rings is 1. The molecule has 1 amide bonds. The van der Waals surface area contributed by atoms with Gasteiger partial charge >= 0.3 is 0 Å². The quantitative estimate of drug-likeness (QED) is 0.853. The summed E-state index contributed by atoms with van der Waals surface area (Å²) in [7, 11) is 1.62. The Morgan fingerprint density at radius 1 is 1.25 bits per heavy atom. The summed E-state index contributed by atoms with van der Waals surface area (Å²) >= 11 is 0. The van der Waals surface area contributed by atoms with E-state index in [1.54, 1.807) is 19.4 Å². The first-order chi connectivity index (χ1) is 11.8. The van der Waals surface area contributed by atoms with Crippen LogP contribution in [0.15, 0.2) is 36.5 Å². The van der Waals surface area contributed by atoms with Gasteiger partial charge in [0.15, 0.2) is 0 Å². The molecular formula is C18H22N4O2. The molecule has 1 heterocycles. The maximum absolute atomic E-state index is 12.3. The fourth-order valence-corrected chi connectivity index (χ4v) is 2.92. The molecule has 6 nitrogen and oxygen atoms in total. The van der Waals surface area contributed by atoms with Gasteiger partial charge in [-0.3, -0.25) is 4.79 Å². The monoisotopic (exact) mass is 326 g/mol. The first-order valence-corrected chi connectivity index (χ1v) is 8.26. The molecule has 3 rings (SSSR count). The molecule has 0 unspecified atom stereocenters. The van der Waals surface area contributed by atoms with Crippen molar-refractivity contribution >= 4 is 11.9 Å². The molecule has 0 saturated heterocycles. The lowest BCUT2D eigenvalue weighted by atomic mass is 10.2. The second-order valence-corrected chi connectivity index (χ2v) is 5.89. The molecule has 0 spiro atoms. The minimum absolute atomic E-state index is 0.224. The minimum atomic E-state index is -0.224. The van der Waals surface area contributed by atoms with E-state index in [-0.39, 0.29) is 5.91 Å². The topological polar surface area (TPSA) is 76.1 Å². The molecule has 1 aromatic carbocycles. The number of nitrogens with zero attached hydrogens (tertiary/aromatic N) is 2. The summed E-state index contributed by atoms with van der Waals surface area (Å²) < 4.78 is 5.29. The van der Waals surface area contributed by atoms with E-state index in [9.17, 15) is 4.79 Å². The number of hydrogen-bond donors (Lipinski definition) is 2. The molecule has 1 aromatic heterocycles. The minimum Gasteiger partial charge on any atom is -0.496 e. The Bertz CT molecular complexity index is 699. The number of methoxy groups -OCH3 is 1. The summed E-state index contributed by atoms with van der Waals surface area (Å²) in [5, 5.41) is 6.18. The molecule has 6 heteroatoms. The van der Waals surface area contributed by atoms with Crippen LogP contribution in [-0.4, -0.2) is 29.0 Å². The van der Waals surface area contributed by atoms with Gasteiger partial charge in [0.2, 0.25) is 5.95 Å². The van der Waals surface area contributed by atoms with Crippen LogP contribution in [0.1, 0.15) is 41.7 Å². The summed E-state index contributed by atoms with van der Waals surface area (Å²) in [6.07, 6.45) is 6.34. The molecule has 1 fully saturated rings. The van der Waals surface area contributed by atoms with Crippen molar-refractivity contribution in [3.8, 4) is 5.75 Å². The lowest BCUT2D eigenvalue weighted by Gasteiger charge is -2.12. The van der Waals surface area contributed by atoms with E-state index in [1.165, 1.54) is 12.8 Å². The number of aromatic nitrogens is 2. The molecule has 2 N–H and O–H groups in total. The number of hydrogen-bond acceptors (Lipinski definition) is 5. The van der Waals surface area contributed by atoms with Gasteiger partial charge in [0.25, 0.3) is 5.91 Å². The number of carbonyl (C=O) groups excluding carboxylic acids is 1. The second-order valence-electron chi connectivity index (χ2n) is 5.89. The SMILES string of the molecule is COc1ccccc1CNC(=O)c1ccnc(NC2CCCC2)n1. The molecule has 2 aromatic rings. The van der Waals surface area contributed by atoms with Crippen LogP contribution < -0.4 is 15.4 Å². The highest BCUT2D eigenvalue weighted by Crippen LogP contribution is 2.20. The lowest BCUT2D eigenvalue weighted by molar-refractivity contribution is 0.0945. The van der Waals surface area contributed by atoms with E-state index in [4.69, 9.17) is 4.74 Å². The van der Waals surface area contributed by atoms with E-state index < -0.39 is 0 Å². The van der Waals surface area contributed by atoms with Crippen molar-refractivity contribution in [2.75, 3.05) is 12.4 Å². The predicted molar refractivity (Wildman–Crippen MR) is 92.1 cm³/mol. The number of rotatable bonds is 6. The van der Waals surface area contributed by atoms with Crippen molar-refractivity contribution in [2.45, 2.75) is 38.3 Å². The number of amides is 1. The smallest absolute Gasteiger partial charge is 0.270 e. The average Bonchev–Trinajstić information content (AvgIpc) is 3.13. The van der Waals surface area contributed by atoms with E-state index in [0.717, 1.165) is 24.2 Å². The Labute approximate surface area is 141 Å². The van der Waals surface area contributed by atoms with Crippen molar-refractivity contribution in [3.63, 3.8) is 0 Å². The van der Waals surface area contributed by atoms with E-state index in [1.807, 2.05) is 24.3 Å². The zero-order chi connectivity index (χ0) is 16.8.